The van der Waals surface area contributed by atoms with E-state index in [4.69, 9.17) is 0 Å². The number of hydrogen-bond acceptors (Lipinski definition) is 2. The third-order valence-electron chi connectivity index (χ3n) is 0.809. The second-order valence-electron chi connectivity index (χ2n) is 1.60. The van der Waals surface area contributed by atoms with E-state index in [1.54, 1.807) is 6.20 Å². The summed E-state index contributed by atoms with van der Waals surface area (Å²) in [5.74, 6) is 0. The molecule has 1 rings (SSSR count). The first-order chi connectivity index (χ1) is 4.79. The van der Waals surface area contributed by atoms with Crippen molar-refractivity contribution in [2.45, 2.75) is 20.8 Å². The van der Waals surface area contributed by atoms with Crippen molar-refractivity contribution in [1.82, 2.24) is 9.97 Å². The fourth-order valence-electron chi connectivity index (χ4n) is 0.411. The molecule has 0 atom stereocenters. The number of nitrogens with one attached hydrogen (secondary N) is 1. The summed E-state index contributed by atoms with van der Waals surface area (Å²) in [6, 6.07) is 0. The summed E-state index contributed by atoms with van der Waals surface area (Å²) < 4.78 is 0. The van der Waals surface area contributed by atoms with E-state index in [0.717, 1.165) is 5.56 Å². The van der Waals surface area contributed by atoms with E-state index in [2.05, 4.69) is 9.97 Å². The molecule has 0 aromatic carbocycles. The summed E-state index contributed by atoms with van der Waals surface area (Å²) in [7, 11) is 0. The van der Waals surface area contributed by atoms with Crippen LogP contribution in [-0.2, 0) is 0 Å². The number of aromatic nitrogens is 2. The molecule has 56 valence electrons. The molecule has 0 saturated carbocycles. The molecule has 0 aliphatic heterocycles. The Hall–Kier alpha value is -1.12. The lowest BCUT2D eigenvalue weighted by Gasteiger charge is -1.83. The van der Waals surface area contributed by atoms with Gasteiger partial charge in [-0.15, -0.1) is 0 Å². The van der Waals surface area contributed by atoms with Crippen molar-refractivity contribution >= 4 is 0 Å². The Kier molecular flexibility index (Phi) is 4.20. The maximum atomic E-state index is 10.3. The van der Waals surface area contributed by atoms with Crippen LogP contribution in [0, 0.1) is 6.92 Å². The lowest BCUT2D eigenvalue weighted by molar-refractivity contribution is 1.05. The molecule has 1 heterocycles. The van der Waals surface area contributed by atoms with Crippen LogP contribution in [0.4, 0.5) is 0 Å². The largest absolute Gasteiger partial charge is 0.344 e. The fourth-order valence-corrected chi connectivity index (χ4v) is 0.411. The van der Waals surface area contributed by atoms with Crippen LogP contribution < -0.4 is 5.69 Å². The van der Waals surface area contributed by atoms with Crippen molar-refractivity contribution < 1.29 is 0 Å². The zero-order valence-corrected chi connectivity index (χ0v) is 6.51. The van der Waals surface area contributed by atoms with Gasteiger partial charge in [-0.1, -0.05) is 13.8 Å². The minimum absolute atomic E-state index is 0.296. The van der Waals surface area contributed by atoms with Gasteiger partial charge in [0.2, 0.25) is 0 Å². The molecule has 3 nitrogen and oxygen atoms in total. The summed E-state index contributed by atoms with van der Waals surface area (Å²) in [6.45, 7) is 5.86. The SMILES string of the molecule is CC.Cc1cnc(=O)[nH]c1. The lowest BCUT2D eigenvalue weighted by Crippen LogP contribution is -2.07. The molecule has 0 aliphatic carbocycles. The summed E-state index contributed by atoms with van der Waals surface area (Å²) in [5.41, 5.74) is 0.667. The van der Waals surface area contributed by atoms with E-state index < -0.39 is 0 Å². The van der Waals surface area contributed by atoms with Crippen LogP contribution in [0.15, 0.2) is 17.2 Å². The van der Waals surface area contributed by atoms with Crippen LogP contribution in [0.2, 0.25) is 0 Å². The maximum absolute atomic E-state index is 10.3. The van der Waals surface area contributed by atoms with Gasteiger partial charge in [0.15, 0.2) is 0 Å². The molecule has 0 fully saturated rings. The number of hydrogen-bond donors (Lipinski definition) is 1. The number of rotatable bonds is 0. The first kappa shape index (κ1) is 8.88. The lowest BCUT2D eigenvalue weighted by atomic mass is 10.4. The van der Waals surface area contributed by atoms with Gasteiger partial charge in [0.25, 0.3) is 0 Å². The average Bonchev–Trinajstić information content (AvgIpc) is 2.00. The number of H-pyrrole nitrogens is 1. The van der Waals surface area contributed by atoms with Crippen LogP contribution in [0.3, 0.4) is 0 Å². The van der Waals surface area contributed by atoms with Crippen LogP contribution in [-0.4, -0.2) is 9.97 Å². The molecule has 0 unspecified atom stereocenters. The molecule has 1 aromatic rings. The molecule has 0 saturated heterocycles. The van der Waals surface area contributed by atoms with Crippen LogP contribution in [0.1, 0.15) is 19.4 Å². The molecule has 1 aromatic heterocycles. The highest BCUT2D eigenvalue weighted by molar-refractivity contribution is 4.97. The molecule has 0 radical (unpaired) electrons. The number of aromatic amines is 1. The quantitative estimate of drug-likeness (QED) is 0.586. The molecule has 0 spiro atoms. The minimum atomic E-state index is -0.296. The molecule has 0 amide bonds. The van der Waals surface area contributed by atoms with Crippen molar-refractivity contribution in [1.29, 1.82) is 0 Å². The smallest absolute Gasteiger partial charge is 0.312 e. The first-order valence-electron chi connectivity index (χ1n) is 3.30. The summed E-state index contributed by atoms with van der Waals surface area (Å²) >= 11 is 0. The van der Waals surface area contributed by atoms with Gasteiger partial charge in [0, 0.05) is 12.4 Å². The third kappa shape index (κ3) is 3.02. The maximum Gasteiger partial charge on any atom is 0.344 e. The highest BCUT2D eigenvalue weighted by Crippen LogP contribution is 1.81. The standard InChI is InChI=1S/C5H6N2O.C2H6/c1-4-2-6-5(8)7-3-4;1-2/h2-3H,1H3,(H,6,7,8);1-2H3. The molecule has 1 N–H and O–H groups in total. The van der Waals surface area contributed by atoms with Gasteiger partial charge in [-0.05, 0) is 12.5 Å². The Balaban J connectivity index is 0.000000371. The third-order valence-corrected chi connectivity index (χ3v) is 0.809. The molecular weight excluding hydrogens is 128 g/mol. The van der Waals surface area contributed by atoms with E-state index in [-0.39, 0.29) is 5.69 Å². The van der Waals surface area contributed by atoms with Gasteiger partial charge >= 0.3 is 5.69 Å². The van der Waals surface area contributed by atoms with Crippen LogP contribution in [0.5, 0.6) is 0 Å². The predicted molar refractivity (Wildman–Crippen MR) is 40.9 cm³/mol. The highest BCUT2D eigenvalue weighted by atomic mass is 16.1. The van der Waals surface area contributed by atoms with Gasteiger partial charge in [-0.25, -0.2) is 9.78 Å². The number of nitrogens with zero attached hydrogens (tertiary/aromatic N) is 1. The van der Waals surface area contributed by atoms with Crippen molar-refractivity contribution in [3.63, 3.8) is 0 Å². The highest BCUT2D eigenvalue weighted by Gasteiger charge is 1.80. The Labute approximate surface area is 60.1 Å². The van der Waals surface area contributed by atoms with E-state index in [9.17, 15) is 4.79 Å². The summed E-state index contributed by atoms with van der Waals surface area (Å²) in [5, 5.41) is 0. The van der Waals surface area contributed by atoms with Crippen LogP contribution in [0.25, 0.3) is 0 Å². The zero-order chi connectivity index (χ0) is 7.98. The van der Waals surface area contributed by atoms with E-state index in [1.165, 1.54) is 6.20 Å². The molecule has 0 aliphatic rings. The minimum Gasteiger partial charge on any atom is -0.312 e. The molecule has 10 heavy (non-hydrogen) atoms. The predicted octanol–water partition coefficient (Wildman–Crippen LogP) is 1.10. The van der Waals surface area contributed by atoms with Crippen molar-refractivity contribution in [2.75, 3.05) is 0 Å². The van der Waals surface area contributed by atoms with Gasteiger partial charge < -0.3 is 4.98 Å². The Bertz CT molecular complexity index is 209. The topological polar surface area (TPSA) is 45.8 Å². The van der Waals surface area contributed by atoms with Gasteiger partial charge in [-0.2, -0.15) is 0 Å². The second kappa shape index (κ2) is 4.73. The van der Waals surface area contributed by atoms with E-state index in [0.29, 0.717) is 0 Å². The average molecular weight is 140 g/mol. The Morgan fingerprint density at radius 1 is 1.50 bits per heavy atom. The number of aryl methyl sites for hydroxylation is 1. The van der Waals surface area contributed by atoms with E-state index >= 15 is 0 Å². The van der Waals surface area contributed by atoms with Gasteiger partial charge in [0.05, 0.1) is 0 Å². The second-order valence-corrected chi connectivity index (χ2v) is 1.60. The van der Waals surface area contributed by atoms with Crippen molar-refractivity contribution in [2.24, 2.45) is 0 Å². The van der Waals surface area contributed by atoms with Crippen molar-refractivity contribution in [3.05, 3.63) is 28.4 Å². The zero-order valence-electron chi connectivity index (χ0n) is 6.51. The monoisotopic (exact) mass is 140 g/mol. The van der Waals surface area contributed by atoms with Crippen LogP contribution >= 0.6 is 0 Å². The Morgan fingerprint density at radius 3 is 2.40 bits per heavy atom. The van der Waals surface area contributed by atoms with Crippen molar-refractivity contribution in [3.8, 4) is 0 Å². The summed E-state index contributed by atoms with van der Waals surface area (Å²) in [4.78, 5) is 16.2. The van der Waals surface area contributed by atoms with Gasteiger partial charge in [-0.3, -0.25) is 0 Å². The van der Waals surface area contributed by atoms with E-state index in [1.807, 2.05) is 20.8 Å². The Morgan fingerprint density at radius 2 is 2.10 bits per heavy atom. The molecule has 0 bridgehead atoms. The fraction of sp³-hybridized carbons (Fsp3) is 0.429. The normalized spacial score (nSPS) is 7.90. The van der Waals surface area contributed by atoms with Gasteiger partial charge in [0.1, 0.15) is 0 Å². The molecular formula is C7H12N2O. The summed E-state index contributed by atoms with van der Waals surface area (Å²) in [6.07, 6.45) is 3.15. The molecule has 3 heteroatoms. The first-order valence-corrected chi connectivity index (χ1v) is 3.30.